The van der Waals surface area contributed by atoms with Crippen LogP contribution in [0.1, 0.15) is 73.9 Å². The van der Waals surface area contributed by atoms with E-state index in [9.17, 15) is 9.18 Å². The van der Waals surface area contributed by atoms with Crippen LogP contribution in [-0.2, 0) is 4.79 Å². The molecule has 2 heterocycles. The van der Waals surface area contributed by atoms with Crippen molar-refractivity contribution in [1.82, 2.24) is 14.8 Å². The summed E-state index contributed by atoms with van der Waals surface area (Å²) in [6, 6.07) is 9.92. The predicted molar refractivity (Wildman–Crippen MR) is 130 cm³/mol. The number of hydrogen-bond donors (Lipinski definition) is 1. The fourth-order valence-electron chi connectivity index (χ4n) is 6.68. The summed E-state index contributed by atoms with van der Waals surface area (Å²) in [6.07, 6.45) is 5.52. The van der Waals surface area contributed by atoms with E-state index in [1.54, 1.807) is 6.07 Å². The maximum absolute atomic E-state index is 14.1. The number of carbonyl (C=O) groups is 1. The fraction of sp³-hybridized carbons (Fsp3) is 0.429. The van der Waals surface area contributed by atoms with Crippen molar-refractivity contribution in [3.8, 4) is 5.69 Å². The molecule has 4 aromatic rings. The molecule has 2 fully saturated rings. The van der Waals surface area contributed by atoms with Crippen LogP contribution in [0.3, 0.4) is 0 Å². The first-order valence-electron chi connectivity index (χ1n) is 12.0. The standard InChI is InChI=1S/C28H30FN3O/c1-15(2)27-26(19-12-28(13-19)10-18(11-28)14-33)22-8-24-21(17(4)30-31-24)9-25(22)32(27)20-5-6-23(29)16(3)7-20/h5-9,14-15,18-19H,10-13H2,1-4H3,(H,30,31). The molecule has 1 spiro atoms. The molecule has 0 aliphatic heterocycles. The molecule has 0 amide bonds. The Bertz CT molecular complexity index is 1410. The van der Waals surface area contributed by atoms with Gasteiger partial charge < -0.3 is 9.36 Å². The number of fused-ring (bicyclic) bond motifs is 2. The average molecular weight is 444 g/mol. The number of nitrogens with zero attached hydrogens (tertiary/aromatic N) is 2. The number of aromatic amines is 1. The molecular formula is C28H30FN3O. The third kappa shape index (κ3) is 2.94. The molecule has 170 valence electrons. The number of aldehydes is 1. The Labute approximate surface area is 193 Å². The van der Waals surface area contributed by atoms with Crippen molar-refractivity contribution in [1.29, 1.82) is 0 Å². The van der Waals surface area contributed by atoms with Crippen molar-refractivity contribution in [3.63, 3.8) is 0 Å². The van der Waals surface area contributed by atoms with Crippen molar-refractivity contribution < 1.29 is 9.18 Å². The molecular weight excluding hydrogens is 413 g/mol. The highest BCUT2D eigenvalue weighted by molar-refractivity contribution is 6.00. The summed E-state index contributed by atoms with van der Waals surface area (Å²) < 4.78 is 16.5. The lowest BCUT2D eigenvalue weighted by molar-refractivity contribution is -0.123. The van der Waals surface area contributed by atoms with Gasteiger partial charge >= 0.3 is 0 Å². The van der Waals surface area contributed by atoms with Gasteiger partial charge in [-0.15, -0.1) is 0 Å². The number of nitrogens with one attached hydrogen (secondary N) is 1. The number of carbonyl (C=O) groups excluding carboxylic acids is 1. The minimum Gasteiger partial charge on any atom is -0.313 e. The zero-order valence-electron chi connectivity index (χ0n) is 19.7. The third-order valence-corrected chi connectivity index (χ3v) is 8.21. The van der Waals surface area contributed by atoms with Gasteiger partial charge in [0.2, 0.25) is 0 Å². The van der Waals surface area contributed by atoms with Gasteiger partial charge in [0.05, 0.1) is 11.0 Å². The van der Waals surface area contributed by atoms with Crippen LogP contribution in [-0.4, -0.2) is 21.1 Å². The summed E-state index contributed by atoms with van der Waals surface area (Å²) in [5.41, 5.74) is 7.97. The Kier molecular flexibility index (Phi) is 4.39. The molecule has 2 aliphatic rings. The normalized spacial score (nSPS) is 24.5. The first kappa shape index (κ1) is 20.6. The molecule has 0 atom stereocenters. The molecule has 33 heavy (non-hydrogen) atoms. The zero-order valence-corrected chi connectivity index (χ0v) is 19.7. The molecule has 2 aromatic carbocycles. The molecule has 0 unspecified atom stereocenters. The number of aromatic nitrogens is 3. The topological polar surface area (TPSA) is 50.7 Å². The van der Waals surface area contributed by atoms with Crippen LogP contribution in [0.5, 0.6) is 0 Å². The van der Waals surface area contributed by atoms with Crippen molar-refractivity contribution in [2.24, 2.45) is 11.3 Å². The lowest BCUT2D eigenvalue weighted by atomic mass is 9.47. The van der Waals surface area contributed by atoms with E-state index in [0.717, 1.165) is 59.8 Å². The zero-order chi connectivity index (χ0) is 23.1. The van der Waals surface area contributed by atoms with Crippen molar-refractivity contribution >= 4 is 28.1 Å². The van der Waals surface area contributed by atoms with Crippen LogP contribution in [0.25, 0.3) is 27.5 Å². The summed E-state index contributed by atoms with van der Waals surface area (Å²) in [7, 11) is 0. The lowest BCUT2D eigenvalue weighted by Gasteiger charge is -2.57. The average Bonchev–Trinajstić information content (AvgIpc) is 3.25. The maximum Gasteiger partial charge on any atom is 0.126 e. The molecule has 0 saturated heterocycles. The highest BCUT2D eigenvalue weighted by atomic mass is 19.1. The maximum atomic E-state index is 14.1. The van der Waals surface area contributed by atoms with E-state index in [2.05, 4.69) is 47.7 Å². The minimum absolute atomic E-state index is 0.176. The first-order valence-corrected chi connectivity index (χ1v) is 12.0. The van der Waals surface area contributed by atoms with Crippen LogP contribution in [0.15, 0.2) is 30.3 Å². The number of rotatable bonds is 4. The third-order valence-electron chi connectivity index (χ3n) is 8.21. The van der Waals surface area contributed by atoms with Gasteiger partial charge in [0.1, 0.15) is 12.1 Å². The number of benzene rings is 2. The summed E-state index contributed by atoms with van der Waals surface area (Å²) in [5.74, 6) is 0.877. The highest BCUT2D eigenvalue weighted by Crippen LogP contribution is 2.65. The molecule has 5 heteroatoms. The second-order valence-electron chi connectivity index (χ2n) is 10.9. The van der Waals surface area contributed by atoms with Gasteiger partial charge in [0.15, 0.2) is 0 Å². The predicted octanol–water partition coefficient (Wildman–Crippen LogP) is 6.86. The van der Waals surface area contributed by atoms with Gasteiger partial charge in [-0.05, 0) is 98.2 Å². The number of H-pyrrole nitrogens is 1. The molecule has 4 nitrogen and oxygen atoms in total. The van der Waals surface area contributed by atoms with E-state index in [1.807, 2.05) is 19.1 Å². The lowest BCUT2D eigenvalue weighted by Crippen LogP contribution is -2.47. The Morgan fingerprint density at radius 1 is 1.12 bits per heavy atom. The van der Waals surface area contributed by atoms with E-state index >= 15 is 0 Å². The van der Waals surface area contributed by atoms with E-state index < -0.39 is 0 Å². The van der Waals surface area contributed by atoms with Gasteiger partial charge in [-0.25, -0.2) is 4.39 Å². The summed E-state index contributed by atoms with van der Waals surface area (Å²) in [4.78, 5) is 11.2. The first-order chi connectivity index (χ1) is 15.8. The van der Waals surface area contributed by atoms with Crippen LogP contribution in [0.2, 0.25) is 0 Å². The van der Waals surface area contributed by atoms with Crippen LogP contribution < -0.4 is 0 Å². The molecule has 0 radical (unpaired) electrons. The Morgan fingerprint density at radius 2 is 1.88 bits per heavy atom. The van der Waals surface area contributed by atoms with E-state index in [-0.39, 0.29) is 11.7 Å². The SMILES string of the molecule is Cc1cc(-n2c(C(C)C)c(C3CC4(CC(C=O)C4)C3)c3cc4n[nH]c(C)c4cc32)ccc1F. The molecule has 1 N–H and O–H groups in total. The molecule has 0 bridgehead atoms. The molecule has 6 rings (SSSR count). The van der Waals surface area contributed by atoms with Gasteiger partial charge in [-0.1, -0.05) is 13.8 Å². The molecule has 2 aliphatic carbocycles. The summed E-state index contributed by atoms with van der Waals surface area (Å²) in [5, 5.41) is 10.1. The molecule has 2 aromatic heterocycles. The highest BCUT2D eigenvalue weighted by Gasteiger charge is 2.54. The smallest absolute Gasteiger partial charge is 0.126 e. The fourth-order valence-corrected chi connectivity index (χ4v) is 6.68. The molecule has 2 saturated carbocycles. The minimum atomic E-state index is -0.176. The van der Waals surface area contributed by atoms with Crippen LogP contribution >= 0.6 is 0 Å². The van der Waals surface area contributed by atoms with E-state index in [0.29, 0.717) is 22.8 Å². The van der Waals surface area contributed by atoms with Gasteiger partial charge in [-0.2, -0.15) is 5.10 Å². The van der Waals surface area contributed by atoms with Gasteiger partial charge in [0.25, 0.3) is 0 Å². The van der Waals surface area contributed by atoms with Crippen molar-refractivity contribution in [2.45, 2.75) is 65.2 Å². The monoisotopic (exact) mass is 443 g/mol. The number of hydrogen-bond acceptors (Lipinski definition) is 2. The Morgan fingerprint density at radius 3 is 2.55 bits per heavy atom. The second-order valence-corrected chi connectivity index (χ2v) is 10.9. The largest absolute Gasteiger partial charge is 0.313 e. The van der Waals surface area contributed by atoms with Crippen LogP contribution in [0.4, 0.5) is 4.39 Å². The van der Waals surface area contributed by atoms with Gasteiger partial charge in [0, 0.05) is 33.8 Å². The van der Waals surface area contributed by atoms with Crippen molar-refractivity contribution in [3.05, 3.63) is 58.7 Å². The Hall–Kier alpha value is -2.95. The van der Waals surface area contributed by atoms with E-state index in [4.69, 9.17) is 0 Å². The summed E-state index contributed by atoms with van der Waals surface area (Å²) >= 11 is 0. The van der Waals surface area contributed by atoms with Gasteiger partial charge in [-0.3, -0.25) is 5.10 Å². The van der Waals surface area contributed by atoms with E-state index in [1.165, 1.54) is 16.6 Å². The number of halogens is 1. The summed E-state index contributed by atoms with van der Waals surface area (Å²) in [6.45, 7) is 8.38. The number of aryl methyl sites for hydroxylation is 2. The van der Waals surface area contributed by atoms with Crippen LogP contribution in [0, 0.1) is 31.0 Å². The quantitative estimate of drug-likeness (QED) is 0.350. The second kappa shape index (κ2) is 7.02. The Balaban J connectivity index is 1.59. The van der Waals surface area contributed by atoms with Crippen molar-refractivity contribution in [2.75, 3.05) is 0 Å².